The average molecular weight is 503 g/mol. The minimum Gasteiger partial charge on any atom is -0.467 e. The topological polar surface area (TPSA) is 107 Å². The van der Waals surface area contributed by atoms with Gasteiger partial charge in [0.05, 0.1) is 29.4 Å². The smallest absolute Gasteiger partial charge is 0.415 e. The number of anilines is 1. The fraction of sp³-hybridized carbons (Fsp3) is 0.520. The quantitative estimate of drug-likeness (QED) is 0.441. The standard InChI is InChI=1S/C25H34N4O5S/c1-15(27-22(30)33-24(3,4)5)12-19-16(2)20-21(35-19)18(13-26-28-20)29(14-17-10-9-11-32-17)23(31)34-25(6,7)8/h9-11,13,15H,12,14H2,1-8H3,(H,27,30)/t15-/m0/s1. The minimum absolute atomic E-state index is 0.168. The first-order valence-corrected chi connectivity index (χ1v) is 12.3. The van der Waals surface area contributed by atoms with Crippen LogP contribution in [0.1, 0.15) is 64.7 Å². The number of alkyl carbamates (subject to hydrolysis) is 1. The number of thiophene rings is 1. The molecule has 1 atom stereocenters. The van der Waals surface area contributed by atoms with Gasteiger partial charge in [-0.15, -0.1) is 16.4 Å². The monoisotopic (exact) mass is 502 g/mol. The number of nitrogens with one attached hydrogen (secondary N) is 1. The van der Waals surface area contributed by atoms with Gasteiger partial charge in [0.2, 0.25) is 0 Å². The van der Waals surface area contributed by atoms with Crippen LogP contribution in [0, 0.1) is 6.92 Å². The van der Waals surface area contributed by atoms with E-state index in [1.165, 1.54) is 16.2 Å². The van der Waals surface area contributed by atoms with Crippen LogP contribution < -0.4 is 10.2 Å². The number of rotatable bonds is 6. The van der Waals surface area contributed by atoms with E-state index in [1.807, 2.05) is 55.4 Å². The molecular formula is C25H34N4O5S. The first-order chi connectivity index (χ1) is 16.2. The molecule has 3 aromatic heterocycles. The highest BCUT2D eigenvalue weighted by Crippen LogP contribution is 2.37. The number of nitrogens with zero attached hydrogens (tertiary/aromatic N) is 3. The van der Waals surface area contributed by atoms with Crippen LogP contribution in [0.2, 0.25) is 0 Å². The third-order valence-corrected chi connectivity index (χ3v) is 6.16. The van der Waals surface area contributed by atoms with Crippen molar-refractivity contribution in [2.24, 2.45) is 0 Å². The lowest BCUT2D eigenvalue weighted by molar-refractivity contribution is 0.0507. The Labute approximate surface area is 209 Å². The van der Waals surface area contributed by atoms with Gasteiger partial charge < -0.3 is 19.2 Å². The highest BCUT2D eigenvalue weighted by atomic mass is 32.1. The molecule has 3 rings (SSSR count). The Morgan fingerprint density at radius 1 is 1.17 bits per heavy atom. The Kier molecular flexibility index (Phi) is 7.74. The van der Waals surface area contributed by atoms with Gasteiger partial charge in [-0.2, -0.15) is 5.10 Å². The fourth-order valence-electron chi connectivity index (χ4n) is 3.39. The van der Waals surface area contributed by atoms with Gasteiger partial charge >= 0.3 is 12.2 Å². The summed E-state index contributed by atoms with van der Waals surface area (Å²) in [5.41, 5.74) is 1.02. The first kappa shape index (κ1) is 26.5. The van der Waals surface area contributed by atoms with Crippen molar-refractivity contribution in [3.63, 3.8) is 0 Å². The number of hydrogen-bond acceptors (Lipinski definition) is 8. The zero-order valence-corrected chi connectivity index (χ0v) is 22.4. The van der Waals surface area contributed by atoms with E-state index >= 15 is 0 Å². The largest absolute Gasteiger partial charge is 0.467 e. The Morgan fingerprint density at radius 3 is 2.46 bits per heavy atom. The molecule has 10 heteroatoms. The van der Waals surface area contributed by atoms with E-state index in [2.05, 4.69) is 15.5 Å². The molecule has 9 nitrogen and oxygen atoms in total. The van der Waals surface area contributed by atoms with Crippen molar-refractivity contribution >= 4 is 39.4 Å². The number of aromatic nitrogens is 2. The molecule has 2 amide bonds. The van der Waals surface area contributed by atoms with E-state index in [4.69, 9.17) is 13.9 Å². The summed E-state index contributed by atoms with van der Waals surface area (Å²) in [6.07, 6.45) is 2.75. The number of aryl methyl sites for hydroxylation is 1. The van der Waals surface area contributed by atoms with Gasteiger partial charge in [0, 0.05) is 17.3 Å². The van der Waals surface area contributed by atoms with E-state index in [1.54, 1.807) is 24.6 Å². The van der Waals surface area contributed by atoms with E-state index in [9.17, 15) is 9.59 Å². The molecule has 0 saturated carbocycles. The number of carbonyl (C=O) groups excluding carboxylic acids is 2. The van der Waals surface area contributed by atoms with Gasteiger partial charge in [-0.1, -0.05) is 0 Å². The number of furan rings is 1. The maximum Gasteiger partial charge on any atom is 0.415 e. The second-order valence-electron chi connectivity index (χ2n) is 10.5. The molecule has 0 aliphatic heterocycles. The normalized spacial score (nSPS) is 12.9. The second-order valence-corrected chi connectivity index (χ2v) is 11.6. The first-order valence-electron chi connectivity index (χ1n) is 11.5. The number of hydrogen-bond donors (Lipinski definition) is 1. The summed E-state index contributed by atoms with van der Waals surface area (Å²) in [5.74, 6) is 0.615. The SMILES string of the molecule is Cc1c(C[C@H](C)NC(=O)OC(C)(C)C)sc2c(N(Cc3ccco3)C(=O)OC(C)(C)C)cnnc12. The van der Waals surface area contributed by atoms with Gasteiger partial charge in [-0.3, -0.25) is 4.90 Å². The number of amides is 2. The zero-order chi connectivity index (χ0) is 26.0. The molecule has 0 fully saturated rings. The molecule has 0 aliphatic rings. The van der Waals surface area contributed by atoms with Crippen LogP contribution in [-0.4, -0.2) is 39.6 Å². The molecule has 0 unspecified atom stereocenters. The Morgan fingerprint density at radius 2 is 1.86 bits per heavy atom. The number of fused-ring (bicyclic) bond motifs is 1. The third-order valence-electron chi connectivity index (χ3n) is 4.84. The summed E-state index contributed by atoms with van der Waals surface area (Å²) in [6.45, 7) is 15.0. The molecule has 0 bridgehead atoms. The summed E-state index contributed by atoms with van der Waals surface area (Å²) in [6, 6.07) is 3.41. The van der Waals surface area contributed by atoms with Crippen LogP contribution >= 0.6 is 11.3 Å². The summed E-state index contributed by atoms with van der Waals surface area (Å²) in [5, 5.41) is 11.4. The Bertz CT molecular complexity index is 1180. The zero-order valence-electron chi connectivity index (χ0n) is 21.6. The maximum absolute atomic E-state index is 13.2. The van der Waals surface area contributed by atoms with Crippen LogP contribution in [0.3, 0.4) is 0 Å². The molecule has 1 N–H and O–H groups in total. The third kappa shape index (κ3) is 7.17. The molecule has 35 heavy (non-hydrogen) atoms. The molecular weight excluding hydrogens is 468 g/mol. The van der Waals surface area contributed by atoms with Gasteiger partial charge in [-0.25, -0.2) is 9.59 Å². The summed E-state index contributed by atoms with van der Waals surface area (Å²) < 4.78 is 17.4. The van der Waals surface area contributed by atoms with Crippen LogP contribution in [0.5, 0.6) is 0 Å². The highest BCUT2D eigenvalue weighted by Gasteiger charge is 2.28. The molecule has 0 aromatic carbocycles. The number of carbonyl (C=O) groups is 2. The molecule has 3 heterocycles. The number of ether oxygens (including phenoxy) is 2. The molecule has 0 saturated heterocycles. The van der Waals surface area contributed by atoms with E-state index in [0.717, 1.165) is 15.1 Å². The molecule has 0 radical (unpaired) electrons. The molecule has 0 aliphatic carbocycles. The molecule has 3 aromatic rings. The lowest BCUT2D eigenvalue weighted by Crippen LogP contribution is -2.38. The van der Waals surface area contributed by atoms with E-state index in [0.29, 0.717) is 23.4 Å². The fourth-order valence-corrected chi connectivity index (χ4v) is 4.78. The van der Waals surface area contributed by atoms with Gasteiger partial charge in [0.15, 0.2) is 0 Å². The Balaban J connectivity index is 1.92. The van der Waals surface area contributed by atoms with E-state index in [-0.39, 0.29) is 12.6 Å². The summed E-state index contributed by atoms with van der Waals surface area (Å²) in [4.78, 5) is 27.9. The lowest BCUT2D eigenvalue weighted by Gasteiger charge is -2.27. The van der Waals surface area contributed by atoms with Crippen molar-refractivity contribution < 1.29 is 23.5 Å². The van der Waals surface area contributed by atoms with Gasteiger partial charge in [0.25, 0.3) is 0 Å². The summed E-state index contributed by atoms with van der Waals surface area (Å²) in [7, 11) is 0. The average Bonchev–Trinajstić information content (AvgIpc) is 3.31. The van der Waals surface area contributed by atoms with Crippen LogP contribution in [0.25, 0.3) is 10.2 Å². The van der Waals surface area contributed by atoms with Crippen molar-refractivity contribution in [3.8, 4) is 0 Å². The van der Waals surface area contributed by atoms with Crippen molar-refractivity contribution in [1.29, 1.82) is 0 Å². The predicted octanol–water partition coefficient (Wildman–Crippen LogP) is 5.99. The van der Waals surface area contributed by atoms with Crippen LogP contribution in [-0.2, 0) is 22.4 Å². The Hall–Kier alpha value is -3.14. The molecule has 190 valence electrons. The van der Waals surface area contributed by atoms with Crippen molar-refractivity contribution in [2.75, 3.05) is 4.90 Å². The van der Waals surface area contributed by atoms with Crippen LogP contribution in [0.15, 0.2) is 29.0 Å². The lowest BCUT2D eigenvalue weighted by atomic mass is 10.1. The van der Waals surface area contributed by atoms with Gasteiger partial charge in [0.1, 0.15) is 22.5 Å². The highest BCUT2D eigenvalue weighted by molar-refractivity contribution is 7.19. The minimum atomic E-state index is -0.669. The van der Waals surface area contributed by atoms with Crippen molar-refractivity contribution in [1.82, 2.24) is 15.5 Å². The molecule has 0 spiro atoms. The second kappa shape index (κ2) is 10.2. The van der Waals surface area contributed by atoms with Gasteiger partial charge in [-0.05, 0) is 73.1 Å². The predicted molar refractivity (Wildman–Crippen MR) is 136 cm³/mol. The van der Waals surface area contributed by atoms with Crippen LogP contribution in [0.4, 0.5) is 15.3 Å². The maximum atomic E-state index is 13.2. The summed E-state index contributed by atoms with van der Waals surface area (Å²) >= 11 is 1.52. The van der Waals surface area contributed by atoms with Crippen molar-refractivity contribution in [3.05, 3.63) is 40.8 Å². The van der Waals surface area contributed by atoms with Crippen molar-refractivity contribution in [2.45, 2.75) is 85.6 Å². The van der Waals surface area contributed by atoms with E-state index < -0.39 is 23.4 Å².